The summed E-state index contributed by atoms with van der Waals surface area (Å²) in [6.45, 7) is 0. The molecule has 0 amide bonds. The van der Waals surface area contributed by atoms with Gasteiger partial charge in [0.25, 0.3) is 0 Å². The van der Waals surface area contributed by atoms with Crippen molar-refractivity contribution in [3.05, 3.63) is 34.3 Å². The lowest BCUT2D eigenvalue weighted by atomic mass is 10.1. The van der Waals surface area contributed by atoms with Crippen LogP contribution >= 0.6 is 15.9 Å². The summed E-state index contributed by atoms with van der Waals surface area (Å²) in [6.07, 6.45) is -0.523. The van der Waals surface area contributed by atoms with Gasteiger partial charge in [0, 0.05) is 4.47 Å². The molecule has 1 aromatic rings. The third-order valence-electron chi connectivity index (χ3n) is 1.54. The zero-order valence-electron chi connectivity index (χ0n) is 6.37. The number of halogens is 1. The van der Waals surface area contributed by atoms with E-state index in [9.17, 15) is 5.11 Å². The molecular weight excluding hydrogens is 218 g/mol. The minimum Gasteiger partial charge on any atom is -0.387 e. The van der Waals surface area contributed by atoms with Gasteiger partial charge in [-0.3, -0.25) is 0 Å². The first-order valence-electron chi connectivity index (χ1n) is 3.54. The standard InChI is InChI=1S/C9H8BrNO/c10-8-3-1-7(2-4-8)9(12)5-6-11/h1-4,9,12H,5H2. The Labute approximate surface area is 79.6 Å². The van der Waals surface area contributed by atoms with E-state index in [0.717, 1.165) is 10.0 Å². The molecule has 0 spiro atoms. The molecule has 2 nitrogen and oxygen atoms in total. The summed E-state index contributed by atoms with van der Waals surface area (Å²) >= 11 is 3.29. The number of rotatable bonds is 2. The highest BCUT2D eigenvalue weighted by molar-refractivity contribution is 9.10. The molecule has 0 radical (unpaired) electrons. The number of benzene rings is 1. The Morgan fingerprint density at radius 3 is 2.50 bits per heavy atom. The summed E-state index contributed by atoms with van der Waals surface area (Å²) in [6, 6.07) is 9.20. The Hall–Kier alpha value is -0.850. The Kier molecular flexibility index (Phi) is 3.27. The maximum atomic E-state index is 9.37. The molecule has 0 aliphatic rings. The lowest BCUT2D eigenvalue weighted by molar-refractivity contribution is 0.183. The molecule has 0 heterocycles. The van der Waals surface area contributed by atoms with Gasteiger partial charge in [-0.2, -0.15) is 5.26 Å². The van der Waals surface area contributed by atoms with Crippen molar-refractivity contribution in [2.45, 2.75) is 12.5 Å². The fourth-order valence-corrected chi connectivity index (χ4v) is 1.15. The van der Waals surface area contributed by atoms with Gasteiger partial charge in [-0.1, -0.05) is 28.1 Å². The molecule has 1 N–H and O–H groups in total. The van der Waals surface area contributed by atoms with Crippen molar-refractivity contribution in [1.82, 2.24) is 0 Å². The second-order valence-corrected chi connectivity index (χ2v) is 3.35. The monoisotopic (exact) mass is 225 g/mol. The van der Waals surface area contributed by atoms with E-state index in [1.54, 1.807) is 12.1 Å². The van der Waals surface area contributed by atoms with E-state index < -0.39 is 6.10 Å². The van der Waals surface area contributed by atoms with Crippen molar-refractivity contribution < 1.29 is 5.11 Å². The first-order chi connectivity index (χ1) is 5.74. The van der Waals surface area contributed by atoms with Gasteiger partial charge in [0.1, 0.15) is 0 Å². The SMILES string of the molecule is N#CCC(O)c1ccc(Br)cc1. The van der Waals surface area contributed by atoms with Crippen LogP contribution in [0.1, 0.15) is 18.1 Å². The van der Waals surface area contributed by atoms with Gasteiger partial charge in [-0.05, 0) is 17.7 Å². The molecule has 1 rings (SSSR count). The first-order valence-corrected chi connectivity index (χ1v) is 4.34. The van der Waals surface area contributed by atoms with Gasteiger partial charge in [0.05, 0.1) is 18.6 Å². The van der Waals surface area contributed by atoms with Crippen LogP contribution < -0.4 is 0 Å². The molecule has 3 heteroatoms. The molecule has 1 aromatic carbocycles. The summed E-state index contributed by atoms with van der Waals surface area (Å²) in [5.41, 5.74) is 0.778. The van der Waals surface area contributed by atoms with Crippen LogP contribution in [0.15, 0.2) is 28.7 Å². The van der Waals surface area contributed by atoms with Crippen molar-refractivity contribution >= 4 is 15.9 Å². The van der Waals surface area contributed by atoms with Crippen LogP contribution in [0.4, 0.5) is 0 Å². The van der Waals surface area contributed by atoms with Crippen LogP contribution in [0.2, 0.25) is 0 Å². The molecular formula is C9H8BrNO. The quantitative estimate of drug-likeness (QED) is 0.841. The van der Waals surface area contributed by atoms with Crippen LogP contribution in [0.25, 0.3) is 0 Å². The van der Waals surface area contributed by atoms with E-state index >= 15 is 0 Å². The molecule has 0 bridgehead atoms. The smallest absolute Gasteiger partial charge is 0.0919 e. The van der Waals surface area contributed by atoms with Crippen LogP contribution in [0.3, 0.4) is 0 Å². The van der Waals surface area contributed by atoms with Gasteiger partial charge in [-0.15, -0.1) is 0 Å². The van der Waals surface area contributed by atoms with E-state index in [-0.39, 0.29) is 6.42 Å². The minimum absolute atomic E-state index is 0.141. The van der Waals surface area contributed by atoms with Crippen molar-refractivity contribution in [3.8, 4) is 6.07 Å². The zero-order chi connectivity index (χ0) is 8.97. The van der Waals surface area contributed by atoms with E-state index in [1.807, 2.05) is 18.2 Å². The van der Waals surface area contributed by atoms with Crippen LogP contribution in [0.5, 0.6) is 0 Å². The highest BCUT2D eigenvalue weighted by Crippen LogP contribution is 2.18. The molecule has 12 heavy (non-hydrogen) atoms. The lowest BCUT2D eigenvalue weighted by Crippen LogP contribution is -1.94. The summed E-state index contributed by atoms with van der Waals surface area (Å²) in [5, 5.41) is 17.7. The van der Waals surface area contributed by atoms with Gasteiger partial charge in [-0.25, -0.2) is 0 Å². The van der Waals surface area contributed by atoms with Gasteiger partial charge in [0.15, 0.2) is 0 Å². The number of aliphatic hydroxyl groups excluding tert-OH is 1. The summed E-state index contributed by atoms with van der Waals surface area (Å²) in [7, 11) is 0. The largest absolute Gasteiger partial charge is 0.387 e. The van der Waals surface area contributed by atoms with Gasteiger partial charge in [0.2, 0.25) is 0 Å². The topological polar surface area (TPSA) is 44.0 Å². The minimum atomic E-state index is -0.664. The molecule has 62 valence electrons. The van der Waals surface area contributed by atoms with Gasteiger partial charge < -0.3 is 5.11 Å². The Morgan fingerprint density at radius 1 is 1.42 bits per heavy atom. The number of nitrogens with zero attached hydrogens (tertiary/aromatic N) is 1. The predicted octanol–water partition coefficient (Wildman–Crippen LogP) is 2.40. The fourth-order valence-electron chi connectivity index (χ4n) is 0.889. The van der Waals surface area contributed by atoms with Gasteiger partial charge >= 0.3 is 0 Å². The Bertz CT molecular complexity index is 288. The van der Waals surface area contributed by atoms with Crippen LogP contribution in [0, 0.1) is 11.3 Å². The third kappa shape index (κ3) is 2.33. The summed E-state index contributed by atoms with van der Waals surface area (Å²) < 4.78 is 0.968. The maximum absolute atomic E-state index is 9.37. The first kappa shape index (κ1) is 9.24. The molecule has 0 saturated heterocycles. The second kappa shape index (κ2) is 4.24. The molecule has 0 aliphatic carbocycles. The number of aliphatic hydroxyl groups is 1. The lowest BCUT2D eigenvalue weighted by Gasteiger charge is -2.05. The number of hydrogen-bond donors (Lipinski definition) is 1. The summed E-state index contributed by atoms with van der Waals surface area (Å²) in [4.78, 5) is 0. The van der Waals surface area contributed by atoms with E-state index in [2.05, 4.69) is 15.9 Å². The number of nitriles is 1. The average Bonchev–Trinajstić information content (AvgIpc) is 2.06. The molecule has 1 unspecified atom stereocenters. The van der Waals surface area contributed by atoms with Crippen LogP contribution in [-0.4, -0.2) is 5.11 Å². The highest BCUT2D eigenvalue weighted by Gasteiger charge is 2.05. The van der Waals surface area contributed by atoms with E-state index in [1.165, 1.54) is 0 Å². The zero-order valence-corrected chi connectivity index (χ0v) is 7.95. The number of hydrogen-bond acceptors (Lipinski definition) is 2. The average molecular weight is 226 g/mol. The second-order valence-electron chi connectivity index (χ2n) is 2.43. The third-order valence-corrected chi connectivity index (χ3v) is 2.07. The van der Waals surface area contributed by atoms with Crippen molar-refractivity contribution in [1.29, 1.82) is 5.26 Å². The van der Waals surface area contributed by atoms with E-state index in [4.69, 9.17) is 5.26 Å². The van der Waals surface area contributed by atoms with Crippen molar-refractivity contribution in [3.63, 3.8) is 0 Å². The summed E-state index contributed by atoms with van der Waals surface area (Å²) in [5.74, 6) is 0. The molecule has 0 saturated carbocycles. The van der Waals surface area contributed by atoms with Crippen molar-refractivity contribution in [2.24, 2.45) is 0 Å². The molecule has 0 aromatic heterocycles. The Morgan fingerprint density at radius 2 is 2.00 bits per heavy atom. The van der Waals surface area contributed by atoms with E-state index in [0.29, 0.717) is 0 Å². The van der Waals surface area contributed by atoms with Crippen molar-refractivity contribution in [2.75, 3.05) is 0 Å². The molecule has 1 atom stereocenters. The molecule has 0 fully saturated rings. The highest BCUT2D eigenvalue weighted by atomic mass is 79.9. The van der Waals surface area contributed by atoms with Crippen LogP contribution in [-0.2, 0) is 0 Å². The molecule has 0 aliphatic heterocycles. The Balaban J connectivity index is 2.76. The fraction of sp³-hybridized carbons (Fsp3) is 0.222. The predicted molar refractivity (Wildman–Crippen MR) is 49.3 cm³/mol. The maximum Gasteiger partial charge on any atom is 0.0919 e. The normalized spacial score (nSPS) is 12.1.